The van der Waals surface area contributed by atoms with Gasteiger partial charge in [-0.05, 0) is 24.3 Å². The van der Waals surface area contributed by atoms with E-state index in [1.165, 1.54) is 4.90 Å². The maximum atomic E-state index is 12.0. The van der Waals surface area contributed by atoms with Gasteiger partial charge in [0, 0.05) is 30.2 Å². The number of pyridine rings is 1. The third-order valence-corrected chi connectivity index (χ3v) is 4.75. The molecule has 1 saturated heterocycles. The van der Waals surface area contributed by atoms with Crippen molar-refractivity contribution in [3.8, 4) is 0 Å². The van der Waals surface area contributed by atoms with E-state index in [0.717, 1.165) is 37.7 Å². The fraction of sp³-hybridized carbons (Fsp3) is 0.333. The third-order valence-electron chi connectivity index (χ3n) is 3.73. The summed E-state index contributed by atoms with van der Waals surface area (Å²) in [4.78, 5) is 19.8. The van der Waals surface area contributed by atoms with Crippen LogP contribution >= 0.6 is 11.8 Å². The number of hydrogen-bond acceptors (Lipinski definition) is 5. The molecule has 1 aliphatic rings. The highest BCUT2D eigenvalue weighted by atomic mass is 32.2. The Bertz CT molecular complexity index is 643. The van der Waals surface area contributed by atoms with Crippen LogP contribution in [0, 0.1) is 0 Å². The topological polar surface area (TPSA) is 54.5 Å². The molecule has 0 aliphatic carbocycles. The van der Waals surface area contributed by atoms with Crippen molar-refractivity contribution in [2.75, 3.05) is 42.3 Å². The summed E-state index contributed by atoms with van der Waals surface area (Å²) >= 11 is 1.68. The van der Waals surface area contributed by atoms with Gasteiger partial charge in [0.2, 0.25) is 5.91 Å². The minimum absolute atomic E-state index is 0.00921. The van der Waals surface area contributed by atoms with Crippen LogP contribution < -0.4 is 10.2 Å². The Kier molecular flexibility index (Phi) is 6.09. The fourth-order valence-corrected chi connectivity index (χ4v) is 3.32. The lowest BCUT2D eigenvalue weighted by molar-refractivity contribution is -0.115. The van der Waals surface area contributed by atoms with Gasteiger partial charge in [0.15, 0.2) is 0 Å². The highest BCUT2D eigenvalue weighted by molar-refractivity contribution is 7.99. The first kappa shape index (κ1) is 16.8. The van der Waals surface area contributed by atoms with Gasteiger partial charge in [-0.1, -0.05) is 18.2 Å². The molecule has 0 bridgehead atoms. The molecule has 0 saturated carbocycles. The van der Waals surface area contributed by atoms with Gasteiger partial charge < -0.3 is 15.0 Å². The number of hydrogen-bond donors (Lipinski definition) is 1. The molecule has 0 spiro atoms. The van der Waals surface area contributed by atoms with E-state index in [9.17, 15) is 4.79 Å². The van der Waals surface area contributed by atoms with Crippen molar-refractivity contribution in [2.45, 2.75) is 11.3 Å². The SMILES string of the molecule is O=C(CCSc1ccccc1)Nc1ccc(N2CCOCC2)cn1. The van der Waals surface area contributed by atoms with Crippen LogP contribution in [0.1, 0.15) is 6.42 Å². The highest BCUT2D eigenvalue weighted by Crippen LogP contribution is 2.19. The van der Waals surface area contributed by atoms with Crippen LogP contribution in [0.5, 0.6) is 0 Å². The van der Waals surface area contributed by atoms with E-state index >= 15 is 0 Å². The first-order valence-corrected chi connectivity index (χ1v) is 9.06. The van der Waals surface area contributed by atoms with Gasteiger partial charge in [-0.15, -0.1) is 11.8 Å². The molecule has 1 aromatic carbocycles. The van der Waals surface area contributed by atoms with E-state index in [-0.39, 0.29) is 5.91 Å². The first-order valence-electron chi connectivity index (χ1n) is 8.08. The summed E-state index contributed by atoms with van der Waals surface area (Å²) in [6, 6.07) is 13.9. The molecular formula is C18H21N3O2S. The molecule has 0 radical (unpaired) electrons. The molecule has 0 unspecified atom stereocenters. The molecule has 6 heteroatoms. The van der Waals surface area contributed by atoms with E-state index < -0.39 is 0 Å². The molecule has 1 fully saturated rings. The van der Waals surface area contributed by atoms with Crippen LogP contribution in [0.4, 0.5) is 11.5 Å². The maximum Gasteiger partial charge on any atom is 0.226 e. The van der Waals surface area contributed by atoms with Crippen LogP contribution in [0.2, 0.25) is 0 Å². The van der Waals surface area contributed by atoms with E-state index in [1.54, 1.807) is 18.0 Å². The van der Waals surface area contributed by atoms with Gasteiger partial charge in [-0.25, -0.2) is 4.98 Å². The monoisotopic (exact) mass is 343 g/mol. The number of carbonyl (C=O) groups excluding carboxylic acids is 1. The lowest BCUT2D eigenvalue weighted by atomic mass is 10.3. The number of aromatic nitrogens is 1. The normalized spacial score (nSPS) is 14.4. The van der Waals surface area contributed by atoms with Crippen molar-refractivity contribution < 1.29 is 9.53 Å². The average molecular weight is 343 g/mol. The molecule has 1 amide bonds. The van der Waals surface area contributed by atoms with Gasteiger partial charge in [-0.3, -0.25) is 4.79 Å². The molecule has 1 aromatic heterocycles. The summed E-state index contributed by atoms with van der Waals surface area (Å²) < 4.78 is 5.35. The van der Waals surface area contributed by atoms with Crippen LogP contribution in [0.15, 0.2) is 53.6 Å². The second-order valence-corrected chi connectivity index (χ2v) is 6.63. The Hall–Kier alpha value is -2.05. The van der Waals surface area contributed by atoms with Crippen LogP contribution in [-0.4, -0.2) is 42.9 Å². The second-order valence-electron chi connectivity index (χ2n) is 5.46. The quantitative estimate of drug-likeness (QED) is 0.817. The summed E-state index contributed by atoms with van der Waals surface area (Å²) in [5.74, 6) is 1.34. The zero-order valence-corrected chi connectivity index (χ0v) is 14.3. The number of morpholine rings is 1. The Morgan fingerprint density at radius 1 is 1.17 bits per heavy atom. The van der Waals surface area contributed by atoms with Gasteiger partial charge >= 0.3 is 0 Å². The summed E-state index contributed by atoms with van der Waals surface area (Å²) in [6.45, 7) is 3.25. The number of nitrogens with one attached hydrogen (secondary N) is 1. The number of amides is 1. The van der Waals surface area contributed by atoms with Gasteiger partial charge in [0.1, 0.15) is 5.82 Å². The van der Waals surface area contributed by atoms with Gasteiger partial charge in [-0.2, -0.15) is 0 Å². The Morgan fingerprint density at radius 2 is 1.96 bits per heavy atom. The minimum atomic E-state index is -0.00921. The second kappa shape index (κ2) is 8.70. The molecule has 5 nitrogen and oxygen atoms in total. The van der Waals surface area contributed by atoms with Gasteiger partial charge in [0.25, 0.3) is 0 Å². The summed E-state index contributed by atoms with van der Waals surface area (Å²) in [5.41, 5.74) is 1.07. The van der Waals surface area contributed by atoms with Gasteiger partial charge in [0.05, 0.1) is 25.1 Å². The largest absolute Gasteiger partial charge is 0.378 e. The number of ether oxygens (including phenoxy) is 1. The van der Waals surface area contributed by atoms with E-state index in [4.69, 9.17) is 4.74 Å². The van der Waals surface area contributed by atoms with Crippen LogP contribution in [-0.2, 0) is 9.53 Å². The predicted molar refractivity (Wildman–Crippen MR) is 97.7 cm³/mol. The number of thioether (sulfide) groups is 1. The molecule has 1 aliphatic heterocycles. The molecular weight excluding hydrogens is 322 g/mol. The number of carbonyl (C=O) groups is 1. The van der Waals surface area contributed by atoms with E-state index in [1.807, 2.05) is 30.3 Å². The highest BCUT2D eigenvalue weighted by Gasteiger charge is 2.11. The number of rotatable bonds is 6. The van der Waals surface area contributed by atoms with Crippen molar-refractivity contribution >= 4 is 29.2 Å². The number of benzene rings is 1. The average Bonchev–Trinajstić information content (AvgIpc) is 2.64. The van der Waals surface area contributed by atoms with Crippen molar-refractivity contribution in [1.29, 1.82) is 0 Å². The first-order chi connectivity index (χ1) is 11.8. The number of nitrogens with zero attached hydrogens (tertiary/aromatic N) is 2. The lowest BCUT2D eigenvalue weighted by Gasteiger charge is -2.28. The smallest absolute Gasteiger partial charge is 0.226 e. The Balaban J connectivity index is 1.44. The Morgan fingerprint density at radius 3 is 2.67 bits per heavy atom. The zero-order chi connectivity index (χ0) is 16.6. The van der Waals surface area contributed by atoms with E-state index in [2.05, 4.69) is 27.3 Å². The molecule has 1 N–H and O–H groups in total. The minimum Gasteiger partial charge on any atom is -0.378 e. The van der Waals surface area contributed by atoms with Crippen molar-refractivity contribution in [2.24, 2.45) is 0 Å². The summed E-state index contributed by atoms with van der Waals surface area (Å²) in [5, 5.41) is 2.85. The standard InChI is InChI=1S/C18H21N3O2S/c22-18(8-13-24-16-4-2-1-3-5-16)20-17-7-6-15(14-19-17)21-9-11-23-12-10-21/h1-7,14H,8-13H2,(H,19,20,22). The molecule has 2 heterocycles. The van der Waals surface area contributed by atoms with Crippen LogP contribution in [0.25, 0.3) is 0 Å². The third kappa shape index (κ3) is 4.97. The number of anilines is 2. The summed E-state index contributed by atoms with van der Waals surface area (Å²) in [7, 11) is 0. The van der Waals surface area contributed by atoms with Crippen LogP contribution in [0.3, 0.4) is 0 Å². The van der Waals surface area contributed by atoms with Crippen molar-refractivity contribution in [3.05, 3.63) is 48.7 Å². The molecule has 2 aromatic rings. The van der Waals surface area contributed by atoms with E-state index in [0.29, 0.717) is 12.2 Å². The van der Waals surface area contributed by atoms with Crippen molar-refractivity contribution in [1.82, 2.24) is 4.98 Å². The molecule has 24 heavy (non-hydrogen) atoms. The van der Waals surface area contributed by atoms with Crippen molar-refractivity contribution in [3.63, 3.8) is 0 Å². The summed E-state index contributed by atoms with van der Waals surface area (Å²) in [6.07, 6.45) is 2.27. The lowest BCUT2D eigenvalue weighted by Crippen LogP contribution is -2.36. The molecule has 3 rings (SSSR count). The maximum absolute atomic E-state index is 12.0. The predicted octanol–water partition coefficient (Wildman–Crippen LogP) is 3.04. The Labute approximate surface area is 146 Å². The fourth-order valence-electron chi connectivity index (χ4n) is 2.45. The molecule has 126 valence electrons. The molecule has 0 atom stereocenters. The zero-order valence-electron chi connectivity index (χ0n) is 13.5.